The maximum atomic E-state index is 12.1. The fourth-order valence-electron chi connectivity index (χ4n) is 1.76. The molecule has 0 atom stereocenters. The highest BCUT2D eigenvalue weighted by Gasteiger charge is 2.12. The molecule has 2 aromatic carbocycles. The third-order valence-electron chi connectivity index (χ3n) is 2.89. The molecular formula is C16H14BrNO5. The topological polar surface area (TPSA) is 78.7 Å². The van der Waals surface area contributed by atoms with Gasteiger partial charge in [0.05, 0.1) is 21.6 Å². The van der Waals surface area contributed by atoms with Crippen molar-refractivity contribution in [3.63, 3.8) is 0 Å². The quantitative estimate of drug-likeness (QED) is 0.322. The average molecular weight is 380 g/mol. The van der Waals surface area contributed by atoms with Crippen LogP contribution in [0.2, 0.25) is 0 Å². The molecule has 0 aromatic heterocycles. The van der Waals surface area contributed by atoms with Crippen molar-refractivity contribution in [1.29, 1.82) is 0 Å². The maximum absolute atomic E-state index is 12.1. The Morgan fingerprint density at radius 1 is 1.22 bits per heavy atom. The Kier molecular flexibility index (Phi) is 5.70. The van der Waals surface area contributed by atoms with Crippen molar-refractivity contribution in [2.75, 3.05) is 6.61 Å². The van der Waals surface area contributed by atoms with Crippen LogP contribution in [0.1, 0.15) is 23.7 Å². The molecule has 6 nitrogen and oxygen atoms in total. The first-order valence-corrected chi connectivity index (χ1v) is 7.69. The van der Waals surface area contributed by atoms with E-state index in [1.165, 1.54) is 24.3 Å². The first-order chi connectivity index (χ1) is 11.0. The lowest BCUT2D eigenvalue weighted by Crippen LogP contribution is -2.08. The van der Waals surface area contributed by atoms with Crippen LogP contribution in [-0.2, 0) is 0 Å². The van der Waals surface area contributed by atoms with Crippen molar-refractivity contribution in [3.05, 3.63) is 62.6 Å². The van der Waals surface area contributed by atoms with Crippen molar-refractivity contribution < 1.29 is 19.2 Å². The molecule has 0 amide bonds. The van der Waals surface area contributed by atoms with Crippen LogP contribution in [0.25, 0.3) is 0 Å². The van der Waals surface area contributed by atoms with E-state index in [0.717, 1.165) is 6.42 Å². The van der Waals surface area contributed by atoms with Crippen LogP contribution >= 0.6 is 15.9 Å². The van der Waals surface area contributed by atoms with Gasteiger partial charge in [-0.05, 0) is 52.7 Å². The van der Waals surface area contributed by atoms with Crippen LogP contribution in [0.5, 0.6) is 11.5 Å². The molecule has 0 spiro atoms. The zero-order chi connectivity index (χ0) is 16.8. The molecule has 0 saturated carbocycles. The SMILES string of the molecule is CCCOc1ccc(C(=O)Oc2ccc([N+](=O)[O-])cc2)cc1Br. The highest BCUT2D eigenvalue weighted by Crippen LogP contribution is 2.27. The van der Waals surface area contributed by atoms with E-state index in [1.54, 1.807) is 18.2 Å². The van der Waals surface area contributed by atoms with Crippen molar-refractivity contribution in [2.24, 2.45) is 0 Å². The van der Waals surface area contributed by atoms with E-state index < -0.39 is 10.9 Å². The molecule has 0 aliphatic carbocycles. The molecule has 0 aliphatic rings. The van der Waals surface area contributed by atoms with Crippen molar-refractivity contribution >= 4 is 27.6 Å². The van der Waals surface area contributed by atoms with E-state index in [1.807, 2.05) is 6.92 Å². The number of rotatable bonds is 6. The monoisotopic (exact) mass is 379 g/mol. The molecule has 0 fully saturated rings. The van der Waals surface area contributed by atoms with Crippen LogP contribution in [-0.4, -0.2) is 17.5 Å². The molecular weight excluding hydrogens is 366 g/mol. The maximum Gasteiger partial charge on any atom is 0.343 e. The van der Waals surface area contributed by atoms with Gasteiger partial charge in [0.25, 0.3) is 5.69 Å². The van der Waals surface area contributed by atoms with Crippen LogP contribution in [0.4, 0.5) is 5.69 Å². The summed E-state index contributed by atoms with van der Waals surface area (Å²) < 4.78 is 11.4. The van der Waals surface area contributed by atoms with Crippen LogP contribution < -0.4 is 9.47 Å². The van der Waals surface area contributed by atoms with Gasteiger partial charge >= 0.3 is 5.97 Å². The number of hydrogen-bond acceptors (Lipinski definition) is 5. The van der Waals surface area contributed by atoms with Gasteiger partial charge < -0.3 is 9.47 Å². The number of esters is 1. The number of benzene rings is 2. The van der Waals surface area contributed by atoms with Gasteiger partial charge in [-0.15, -0.1) is 0 Å². The first kappa shape index (κ1) is 17.0. The lowest BCUT2D eigenvalue weighted by atomic mass is 10.2. The van der Waals surface area contributed by atoms with Gasteiger partial charge in [0.15, 0.2) is 0 Å². The average Bonchev–Trinajstić information content (AvgIpc) is 2.54. The second-order valence-corrected chi connectivity index (χ2v) is 5.49. The zero-order valence-corrected chi connectivity index (χ0v) is 13.9. The smallest absolute Gasteiger partial charge is 0.343 e. The Morgan fingerprint density at radius 2 is 1.91 bits per heavy atom. The zero-order valence-electron chi connectivity index (χ0n) is 12.3. The lowest BCUT2D eigenvalue weighted by molar-refractivity contribution is -0.384. The van der Waals surface area contributed by atoms with Gasteiger partial charge in [0, 0.05) is 12.1 Å². The second-order valence-electron chi connectivity index (χ2n) is 4.63. The standard InChI is InChI=1S/C16H14BrNO5/c1-2-9-22-15-8-3-11(10-14(15)17)16(19)23-13-6-4-12(5-7-13)18(20)21/h3-8,10H,2,9H2,1H3. The van der Waals surface area contributed by atoms with Crippen LogP contribution in [0.3, 0.4) is 0 Å². The fraction of sp³-hybridized carbons (Fsp3) is 0.188. The molecule has 0 unspecified atom stereocenters. The number of carbonyl (C=O) groups is 1. The van der Waals surface area contributed by atoms with E-state index >= 15 is 0 Å². The fourth-order valence-corrected chi connectivity index (χ4v) is 2.25. The molecule has 23 heavy (non-hydrogen) atoms. The minimum atomic E-state index is -0.554. The molecule has 0 N–H and O–H groups in total. The highest BCUT2D eigenvalue weighted by molar-refractivity contribution is 9.10. The Balaban J connectivity index is 2.08. The summed E-state index contributed by atoms with van der Waals surface area (Å²) in [5.41, 5.74) is 0.282. The van der Waals surface area contributed by atoms with E-state index in [4.69, 9.17) is 9.47 Å². The largest absolute Gasteiger partial charge is 0.492 e. The Bertz CT molecular complexity index is 715. The second kappa shape index (κ2) is 7.73. The Labute approximate surface area is 141 Å². The summed E-state index contributed by atoms with van der Waals surface area (Å²) in [6, 6.07) is 10.2. The van der Waals surface area contributed by atoms with Gasteiger partial charge in [-0.2, -0.15) is 0 Å². The number of halogens is 1. The summed E-state index contributed by atoms with van der Waals surface area (Å²) in [4.78, 5) is 22.2. The molecule has 7 heteroatoms. The summed E-state index contributed by atoms with van der Waals surface area (Å²) in [5, 5.41) is 10.6. The molecule has 2 aromatic rings. The highest BCUT2D eigenvalue weighted by atomic mass is 79.9. The third-order valence-corrected chi connectivity index (χ3v) is 3.51. The summed E-state index contributed by atoms with van der Waals surface area (Å²) >= 11 is 3.35. The normalized spacial score (nSPS) is 10.2. The van der Waals surface area contributed by atoms with Gasteiger partial charge in [0.2, 0.25) is 0 Å². The van der Waals surface area contributed by atoms with Crippen molar-refractivity contribution in [1.82, 2.24) is 0 Å². The van der Waals surface area contributed by atoms with Gasteiger partial charge in [-0.1, -0.05) is 6.92 Å². The molecule has 0 aliphatic heterocycles. The number of nitro groups is 1. The molecule has 0 saturated heterocycles. The van der Waals surface area contributed by atoms with E-state index in [2.05, 4.69) is 15.9 Å². The number of non-ortho nitro benzene ring substituents is 1. The van der Waals surface area contributed by atoms with Crippen molar-refractivity contribution in [3.8, 4) is 11.5 Å². The summed E-state index contributed by atoms with van der Waals surface area (Å²) in [6.45, 7) is 2.59. The predicted molar refractivity (Wildman–Crippen MR) is 88.0 cm³/mol. The van der Waals surface area contributed by atoms with E-state index in [9.17, 15) is 14.9 Å². The Hall–Kier alpha value is -2.41. The summed E-state index contributed by atoms with van der Waals surface area (Å²) in [7, 11) is 0. The third kappa shape index (κ3) is 4.53. The van der Waals surface area contributed by atoms with Crippen molar-refractivity contribution in [2.45, 2.75) is 13.3 Å². The summed E-state index contributed by atoms with van der Waals surface area (Å²) in [6.07, 6.45) is 0.885. The van der Waals surface area contributed by atoms with Gasteiger partial charge in [-0.25, -0.2) is 4.79 Å². The first-order valence-electron chi connectivity index (χ1n) is 6.90. The molecule has 120 valence electrons. The number of ether oxygens (including phenoxy) is 2. The number of hydrogen-bond donors (Lipinski definition) is 0. The lowest BCUT2D eigenvalue weighted by Gasteiger charge is -2.09. The number of nitrogens with zero attached hydrogens (tertiary/aromatic N) is 1. The number of carbonyl (C=O) groups excluding carboxylic acids is 1. The van der Waals surface area contributed by atoms with Gasteiger partial charge in [0.1, 0.15) is 11.5 Å². The van der Waals surface area contributed by atoms with Gasteiger partial charge in [-0.3, -0.25) is 10.1 Å². The van der Waals surface area contributed by atoms with Crippen LogP contribution in [0.15, 0.2) is 46.9 Å². The molecule has 0 heterocycles. The van der Waals surface area contributed by atoms with E-state index in [0.29, 0.717) is 22.4 Å². The Morgan fingerprint density at radius 3 is 2.48 bits per heavy atom. The number of nitro benzene ring substituents is 1. The minimum absolute atomic E-state index is 0.0648. The predicted octanol–water partition coefficient (Wildman–Crippen LogP) is 4.37. The molecule has 0 radical (unpaired) electrons. The van der Waals surface area contributed by atoms with E-state index in [-0.39, 0.29) is 11.4 Å². The minimum Gasteiger partial charge on any atom is -0.492 e. The molecule has 2 rings (SSSR count). The summed E-state index contributed by atoms with van der Waals surface area (Å²) in [5.74, 6) is 0.336. The molecule has 0 bridgehead atoms. The van der Waals surface area contributed by atoms with Crippen LogP contribution in [0, 0.1) is 10.1 Å².